The van der Waals surface area contributed by atoms with Crippen LogP contribution < -0.4 is 0 Å². The molecule has 2 N–H and O–H groups in total. The number of hydrogen-bond acceptors (Lipinski definition) is 5. The van der Waals surface area contributed by atoms with Gasteiger partial charge < -0.3 is 14.9 Å². The van der Waals surface area contributed by atoms with Crippen LogP contribution >= 0.6 is 0 Å². The molecule has 1 rings (SSSR count). The van der Waals surface area contributed by atoms with Gasteiger partial charge in [0.1, 0.15) is 18.5 Å². The Morgan fingerprint density at radius 1 is 1.50 bits per heavy atom. The lowest BCUT2D eigenvalue weighted by Gasteiger charge is -2.16. The van der Waals surface area contributed by atoms with Gasteiger partial charge in [0, 0.05) is 18.8 Å². The molecule has 3 atom stereocenters. The Balaban J connectivity index is 2.42. The van der Waals surface area contributed by atoms with Crippen LogP contribution in [-0.4, -0.2) is 41.3 Å². The van der Waals surface area contributed by atoms with Crippen LogP contribution in [0.25, 0.3) is 0 Å². The summed E-state index contributed by atoms with van der Waals surface area (Å²) >= 11 is 0. The van der Waals surface area contributed by atoms with E-state index in [1.54, 1.807) is 0 Å². The van der Waals surface area contributed by atoms with Crippen LogP contribution in [0.5, 0.6) is 0 Å². The fourth-order valence-corrected chi connectivity index (χ4v) is 2.47. The van der Waals surface area contributed by atoms with Gasteiger partial charge in [0.05, 0.1) is 6.61 Å². The first-order valence-corrected chi connectivity index (χ1v) is 7.20. The molecular formula is C15H24O5. The summed E-state index contributed by atoms with van der Waals surface area (Å²) in [5.41, 5.74) is 0. The van der Waals surface area contributed by atoms with Gasteiger partial charge in [-0.3, -0.25) is 9.59 Å². The van der Waals surface area contributed by atoms with Crippen LogP contribution in [0.1, 0.15) is 39.0 Å². The molecule has 0 aromatic carbocycles. The van der Waals surface area contributed by atoms with E-state index >= 15 is 0 Å². The number of carbonyl (C=O) groups excluding carboxylic acids is 2. The second kappa shape index (κ2) is 8.87. The topological polar surface area (TPSA) is 83.8 Å². The molecule has 0 aliphatic heterocycles. The van der Waals surface area contributed by atoms with Crippen LogP contribution in [0, 0.1) is 11.8 Å². The van der Waals surface area contributed by atoms with Gasteiger partial charge in [0.15, 0.2) is 0 Å². The molecule has 114 valence electrons. The average Bonchev–Trinajstić information content (AvgIpc) is 2.77. The Morgan fingerprint density at radius 2 is 2.25 bits per heavy atom. The second-order valence-electron chi connectivity index (χ2n) is 5.21. The molecule has 5 heteroatoms. The van der Waals surface area contributed by atoms with E-state index < -0.39 is 18.7 Å². The zero-order chi connectivity index (χ0) is 15.0. The predicted octanol–water partition coefficient (Wildman–Crippen LogP) is 1.22. The molecule has 20 heavy (non-hydrogen) atoms. The van der Waals surface area contributed by atoms with Crippen LogP contribution in [0.4, 0.5) is 0 Å². The number of hydrogen-bond donors (Lipinski definition) is 2. The Labute approximate surface area is 119 Å². The van der Waals surface area contributed by atoms with Crippen molar-refractivity contribution in [3.05, 3.63) is 12.2 Å². The van der Waals surface area contributed by atoms with Crippen molar-refractivity contribution in [1.29, 1.82) is 0 Å². The van der Waals surface area contributed by atoms with E-state index in [0.29, 0.717) is 12.8 Å². The first kappa shape index (κ1) is 16.9. The van der Waals surface area contributed by atoms with Gasteiger partial charge in [-0.05, 0) is 25.2 Å². The van der Waals surface area contributed by atoms with E-state index in [0.717, 1.165) is 12.8 Å². The standard InChI is InChI=1S/C15H24O5/c1-2-3-4-5-13-11(6-7-14(13)18)8-15(19)20-10-12(17)9-16/h3-4,11-13,16-17H,2,5-10H2,1H3/b4-3-/t11-,12?,13-/m1/s1. The lowest BCUT2D eigenvalue weighted by Crippen LogP contribution is -2.24. The maximum atomic E-state index is 11.8. The number of ether oxygens (including phenoxy) is 1. The highest BCUT2D eigenvalue weighted by Gasteiger charge is 2.35. The zero-order valence-corrected chi connectivity index (χ0v) is 12.0. The highest BCUT2D eigenvalue weighted by molar-refractivity contribution is 5.84. The molecule has 0 saturated heterocycles. The highest BCUT2D eigenvalue weighted by atomic mass is 16.5. The maximum Gasteiger partial charge on any atom is 0.306 e. The van der Waals surface area contributed by atoms with Crippen molar-refractivity contribution in [1.82, 2.24) is 0 Å². The third-order valence-electron chi connectivity index (χ3n) is 3.61. The van der Waals surface area contributed by atoms with Crippen LogP contribution in [0.15, 0.2) is 12.2 Å². The van der Waals surface area contributed by atoms with E-state index in [1.807, 2.05) is 19.1 Å². The van der Waals surface area contributed by atoms with Crippen molar-refractivity contribution in [2.24, 2.45) is 11.8 Å². The fraction of sp³-hybridized carbons (Fsp3) is 0.733. The second-order valence-corrected chi connectivity index (χ2v) is 5.21. The number of ketones is 1. The third kappa shape index (κ3) is 5.43. The zero-order valence-electron chi connectivity index (χ0n) is 12.0. The lowest BCUT2D eigenvalue weighted by molar-refractivity contribution is -0.148. The summed E-state index contributed by atoms with van der Waals surface area (Å²) in [5, 5.41) is 17.8. The molecule has 5 nitrogen and oxygen atoms in total. The molecule has 0 radical (unpaired) electrons. The highest BCUT2D eigenvalue weighted by Crippen LogP contribution is 2.34. The third-order valence-corrected chi connectivity index (χ3v) is 3.61. The minimum atomic E-state index is -1.03. The average molecular weight is 284 g/mol. The van der Waals surface area contributed by atoms with E-state index in [2.05, 4.69) is 0 Å². The van der Waals surface area contributed by atoms with Crippen molar-refractivity contribution in [3.8, 4) is 0 Å². The number of allylic oxidation sites excluding steroid dienone is 2. The molecule has 0 aromatic heterocycles. The summed E-state index contributed by atoms with van der Waals surface area (Å²) in [7, 11) is 0. The minimum Gasteiger partial charge on any atom is -0.463 e. The van der Waals surface area contributed by atoms with Crippen LogP contribution in [0.2, 0.25) is 0 Å². The Morgan fingerprint density at radius 3 is 2.90 bits per heavy atom. The largest absolute Gasteiger partial charge is 0.463 e. The van der Waals surface area contributed by atoms with Crippen molar-refractivity contribution in [2.45, 2.75) is 45.1 Å². The summed E-state index contributed by atoms with van der Waals surface area (Å²) in [5.74, 6) is -0.253. The van der Waals surface area contributed by atoms with Gasteiger partial charge in [0.25, 0.3) is 0 Å². The molecule has 1 aliphatic carbocycles. The maximum absolute atomic E-state index is 11.8. The minimum absolute atomic E-state index is 0.0303. The predicted molar refractivity (Wildman–Crippen MR) is 73.9 cm³/mol. The normalized spacial score (nSPS) is 24.2. The molecule has 1 fully saturated rings. The summed E-state index contributed by atoms with van der Waals surface area (Å²) in [4.78, 5) is 23.5. The Bertz CT molecular complexity index is 350. The smallest absolute Gasteiger partial charge is 0.306 e. The molecule has 0 spiro atoms. The molecule has 0 amide bonds. The van der Waals surface area contributed by atoms with Crippen molar-refractivity contribution in [2.75, 3.05) is 13.2 Å². The van der Waals surface area contributed by atoms with Gasteiger partial charge >= 0.3 is 5.97 Å². The van der Waals surface area contributed by atoms with Gasteiger partial charge in [-0.2, -0.15) is 0 Å². The SMILES string of the molecule is CC/C=C\C[C@H]1C(=O)CC[C@@H]1CC(=O)OCC(O)CO. The van der Waals surface area contributed by atoms with E-state index in [-0.39, 0.29) is 30.6 Å². The van der Waals surface area contributed by atoms with Gasteiger partial charge in [0.2, 0.25) is 0 Å². The monoisotopic (exact) mass is 284 g/mol. The number of Topliss-reactive ketones (excluding diaryl/α,β-unsaturated/α-hetero) is 1. The van der Waals surface area contributed by atoms with Crippen LogP contribution in [-0.2, 0) is 14.3 Å². The molecular weight excluding hydrogens is 260 g/mol. The summed E-state index contributed by atoms with van der Waals surface area (Å²) in [6.07, 6.45) is 6.07. The van der Waals surface area contributed by atoms with Crippen LogP contribution in [0.3, 0.4) is 0 Å². The summed E-state index contributed by atoms with van der Waals surface area (Å²) < 4.78 is 4.89. The first-order chi connectivity index (χ1) is 9.58. The first-order valence-electron chi connectivity index (χ1n) is 7.20. The molecule has 0 aromatic rings. The number of esters is 1. The number of rotatable bonds is 8. The number of aliphatic hydroxyl groups is 2. The van der Waals surface area contributed by atoms with Gasteiger partial charge in [-0.15, -0.1) is 0 Å². The summed E-state index contributed by atoms with van der Waals surface area (Å²) in [6, 6.07) is 0. The molecule has 1 aliphatic rings. The summed E-state index contributed by atoms with van der Waals surface area (Å²) in [6.45, 7) is 1.41. The fourth-order valence-electron chi connectivity index (χ4n) is 2.47. The quantitative estimate of drug-likeness (QED) is 0.517. The van der Waals surface area contributed by atoms with Crippen molar-refractivity contribution in [3.63, 3.8) is 0 Å². The lowest BCUT2D eigenvalue weighted by atomic mass is 9.89. The van der Waals surface area contributed by atoms with Gasteiger partial charge in [-0.1, -0.05) is 19.1 Å². The van der Waals surface area contributed by atoms with Crippen molar-refractivity contribution >= 4 is 11.8 Å². The van der Waals surface area contributed by atoms with Crippen molar-refractivity contribution < 1.29 is 24.5 Å². The molecule has 1 unspecified atom stereocenters. The number of aliphatic hydroxyl groups excluding tert-OH is 2. The van der Waals surface area contributed by atoms with E-state index in [4.69, 9.17) is 14.9 Å². The molecule has 1 saturated carbocycles. The molecule has 0 heterocycles. The Hall–Kier alpha value is -1.20. The Kier molecular flexibility index (Phi) is 7.47. The number of carbonyl (C=O) groups is 2. The van der Waals surface area contributed by atoms with E-state index in [9.17, 15) is 9.59 Å². The van der Waals surface area contributed by atoms with E-state index in [1.165, 1.54) is 0 Å². The molecule has 0 bridgehead atoms. The van der Waals surface area contributed by atoms with Gasteiger partial charge in [-0.25, -0.2) is 0 Å².